The molecule has 0 aromatic carbocycles. The van der Waals surface area contributed by atoms with Crippen LogP contribution in [0.3, 0.4) is 0 Å². The van der Waals surface area contributed by atoms with E-state index in [0.717, 1.165) is 51.4 Å². The van der Waals surface area contributed by atoms with Crippen LogP contribution in [0.5, 0.6) is 0 Å². The average Bonchev–Trinajstić information content (AvgIpc) is 3.32. The number of quaternary nitrogens is 1. The summed E-state index contributed by atoms with van der Waals surface area (Å²) >= 11 is 0. The molecule has 9 nitrogen and oxygen atoms in total. The second kappa shape index (κ2) is 52.4. The fourth-order valence-electron chi connectivity index (χ4n) is 8.81. The first-order chi connectivity index (χ1) is 34.0. The first-order valence-corrected chi connectivity index (χ1v) is 31.5. The first kappa shape index (κ1) is 68.5. The van der Waals surface area contributed by atoms with E-state index in [9.17, 15) is 19.0 Å². The molecule has 10 heteroatoms. The van der Waals surface area contributed by atoms with Crippen LogP contribution in [0.4, 0.5) is 0 Å². The van der Waals surface area contributed by atoms with E-state index in [0.29, 0.717) is 17.4 Å². The number of hydrogen-bond acceptors (Lipinski definition) is 8. The van der Waals surface area contributed by atoms with Gasteiger partial charge in [0.25, 0.3) is 7.82 Å². The van der Waals surface area contributed by atoms with Crippen LogP contribution in [0.2, 0.25) is 0 Å². The fraction of sp³-hybridized carbons (Fsp3) is 0.900. The molecule has 414 valence electrons. The summed E-state index contributed by atoms with van der Waals surface area (Å²) in [5.41, 5.74) is 0. The third kappa shape index (κ3) is 55.8. The number of phosphoric ester groups is 1. The van der Waals surface area contributed by atoms with E-state index in [1.165, 1.54) is 212 Å². The van der Waals surface area contributed by atoms with Crippen molar-refractivity contribution in [2.45, 2.75) is 302 Å². The van der Waals surface area contributed by atoms with Gasteiger partial charge in [0.2, 0.25) is 0 Å². The lowest BCUT2D eigenvalue weighted by molar-refractivity contribution is -0.870. The predicted octanol–water partition coefficient (Wildman–Crippen LogP) is 18.0. The van der Waals surface area contributed by atoms with Crippen molar-refractivity contribution in [3.8, 4) is 0 Å². The topological polar surface area (TPSA) is 111 Å². The van der Waals surface area contributed by atoms with Crippen molar-refractivity contribution in [3.63, 3.8) is 0 Å². The molecule has 0 aromatic heterocycles. The molecule has 0 rings (SSSR count). The zero-order valence-corrected chi connectivity index (χ0v) is 47.9. The van der Waals surface area contributed by atoms with Gasteiger partial charge in [-0.15, -0.1) is 0 Å². The molecule has 0 aromatic rings. The molecule has 2 atom stereocenters. The molecule has 0 aliphatic rings. The van der Waals surface area contributed by atoms with E-state index < -0.39 is 26.5 Å². The van der Waals surface area contributed by atoms with Gasteiger partial charge in [0, 0.05) is 12.8 Å². The number of carbonyl (C=O) groups is 2. The maximum atomic E-state index is 12.8. The normalized spacial score (nSPS) is 13.4. The smallest absolute Gasteiger partial charge is 0.306 e. The monoisotopic (exact) mass is 1010 g/mol. The summed E-state index contributed by atoms with van der Waals surface area (Å²) in [4.78, 5) is 37.9. The Hall–Kier alpha value is -1.51. The first-order valence-electron chi connectivity index (χ1n) is 30.0. The number of allylic oxidation sites excluding steroid dienone is 4. The van der Waals surface area contributed by atoms with Gasteiger partial charge in [-0.2, -0.15) is 0 Å². The Kier molecular flexibility index (Phi) is 51.2. The van der Waals surface area contributed by atoms with E-state index in [-0.39, 0.29) is 32.0 Å². The number of unbranched alkanes of at least 4 members (excludes halogenated alkanes) is 38. The van der Waals surface area contributed by atoms with Gasteiger partial charge in [0.05, 0.1) is 27.7 Å². The summed E-state index contributed by atoms with van der Waals surface area (Å²) in [6.07, 6.45) is 62.3. The van der Waals surface area contributed by atoms with Crippen molar-refractivity contribution in [3.05, 3.63) is 24.3 Å². The number of likely N-dealkylation sites (N-methyl/N-ethyl adjacent to an activating group) is 1. The molecule has 0 radical (unpaired) electrons. The van der Waals surface area contributed by atoms with Gasteiger partial charge >= 0.3 is 11.9 Å². The minimum atomic E-state index is -4.63. The standard InChI is InChI=1S/C60H116NO8P/c1-6-8-10-12-14-16-18-20-22-24-26-27-28-29-30-31-32-33-35-36-38-40-42-44-46-48-50-52-59(62)66-56-58(57-68-70(64,65)67-55-54-61(3,4)5)69-60(63)53-51-49-47-45-43-41-39-37-34-25-23-21-19-17-15-13-11-9-7-2/h15,17,21,23,58H,6-14,16,18-20,22,24-57H2,1-5H3/b17-15-,23-21-. The number of hydrogen-bond donors (Lipinski definition) is 0. The minimum Gasteiger partial charge on any atom is -0.756 e. The van der Waals surface area contributed by atoms with Gasteiger partial charge in [-0.3, -0.25) is 14.2 Å². The maximum absolute atomic E-state index is 12.8. The lowest BCUT2D eigenvalue weighted by Gasteiger charge is -2.28. The van der Waals surface area contributed by atoms with E-state index in [2.05, 4.69) is 38.2 Å². The summed E-state index contributed by atoms with van der Waals surface area (Å²) in [5.74, 6) is -0.822. The highest BCUT2D eigenvalue weighted by Crippen LogP contribution is 2.38. The van der Waals surface area contributed by atoms with Crippen molar-refractivity contribution < 1.29 is 42.1 Å². The summed E-state index contributed by atoms with van der Waals surface area (Å²) in [6.45, 7) is 4.26. The molecule has 0 saturated heterocycles. The third-order valence-corrected chi connectivity index (χ3v) is 14.4. The Morgan fingerprint density at radius 2 is 0.771 bits per heavy atom. The van der Waals surface area contributed by atoms with Crippen molar-refractivity contribution in [2.24, 2.45) is 0 Å². The van der Waals surface area contributed by atoms with Crippen LogP contribution >= 0.6 is 7.82 Å². The van der Waals surface area contributed by atoms with E-state index >= 15 is 0 Å². The number of carbonyl (C=O) groups excluding carboxylic acids is 2. The van der Waals surface area contributed by atoms with Crippen molar-refractivity contribution in [2.75, 3.05) is 47.5 Å². The van der Waals surface area contributed by atoms with Crippen LogP contribution in [-0.4, -0.2) is 70.0 Å². The maximum Gasteiger partial charge on any atom is 0.306 e. The zero-order valence-electron chi connectivity index (χ0n) is 47.0. The summed E-state index contributed by atoms with van der Waals surface area (Å²) < 4.78 is 34.2. The number of nitrogens with zero attached hydrogens (tertiary/aromatic N) is 1. The third-order valence-electron chi connectivity index (χ3n) is 13.5. The fourth-order valence-corrected chi connectivity index (χ4v) is 9.54. The van der Waals surface area contributed by atoms with Crippen LogP contribution in [0, 0.1) is 0 Å². The SMILES string of the molecule is CCCCC/C=C\C/C=C\CCCCCCCCCCCC(=O)OC(COC(=O)CCCCCCCCCCCCCCCCCCCCCCCCCCCCC)COP(=O)([O-])OCC[N+](C)(C)C. The Morgan fingerprint density at radius 3 is 1.16 bits per heavy atom. The summed E-state index contributed by atoms with van der Waals surface area (Å²) in [5, 5.41) is 0. The van der Waals surface area contributed by atoms with Gasteiger partial charge in [-0.05, 0) is 44.9 Å². The molecule has 0 aliphatic carbocycles. The van der Waals surface area contributed by atoms with Gasteiger partial charge in [0.15, 0.2) is 6.10 Å². The quantitative estimate of drug-likeness (QED) is 0.0195. The molecule has 0 amide bonds. The minimum absolute atomic E-state index is 0.0292. The Morgan fingerprint density at radius 1 is 0.443 bits per heavy atom. The average molecular weight is 1010 g/mol. The molecule has 0 bridgehead atoms. The van der Waals surface area contributed by atoms with Gasteiger partial charge < -0.3 is 27.9 Å². The second-order valence-electron chi connectivity index (χ2n) is 21.7. The van der Waals surface area contributed by atoms with Crippen molar-refractivity contribution in [1.82, 2.24) is 0 Å². The van der Waals surface area contributed by atoms with Crippen LogP contribution in [-0.2, 0) is 32.7 Å². The molecule has 0 fully saturated rings. The van der Waals surface area contributed by atoms with E-state index in [1.54, 1.807) is 0 Å². The lowest BCUT2D eigenvalue weighted by Crippen LogP contribution is -2.37. The van der Waals surface area contributed by atoms with Crippen LogP contribution < -0.4 is 4.89 Å². The van der Waals surface area contributed by atoms with Gasteiger partial charge in [0.1, 0.15) is 19.8 Å². The number of rotatable bonds is 56. The van der Waals surface area contributed by atoms with Gasteiger partial charge in [-0.25, -0.2) is 0 Å². The highest BCUT2D eigenvalue weighted by atomic mass is 31.2. The number of ether oxygens (including phenoxy) is 2. The molecule has 0 spiro atoms. The van der Waals surface area contributed by atoms with Crippen molar-refractivity contribution >= 4 is 19.8 Å². The highest BCUT2D eigenvalue weighted by Gasteiger charge is 2.22. The number of esters is 2. The van der Waals surface area contributed by atoms with Crippen LogP contribution in [0.1, 0.15) is 296 Å². The summed E-state index contributed by atoms with van der Waals surface area (Å²) in [7, 11) is 1.18. The van der Waals surface area contributed by atoms with E-state index in [1.807, 2.05) is 21.1 Å². The Bertz CT molecular complexity index is 1240. The predicted molar refractivity (Wildman–Crippen MR) is 296 cm³/mol. The largest absolute Gasteiger partial charge is 0.756 e. The van der Waals surface area contributed by atoms with Crippen LogP contribution in [0.25, 0.3) is 0 Å². The number of phosphoric acid groups is 1. The van der Waals surface area contributed by atoms with Crippen LogP contribution in [0.15, 0.2) is 24.3 Å². The highest BCUT2D eigenvalue weighted by molar-refractivity contribution is 7.45. The molecule has 0 aliphatic heterocycles. The molecular weight excluding hydrogens is 894 g/mol. The molecule has 2 unspecified atom stereocenters. The zero-order chi connectivity index (χ0) is 51.3. The van der Waals surface area contributed by atoms with E-state index in [4.69, 9.17) is 18.5 Å². The Labute approximate surface area is 434 Å². The molecule has 0 heterocycles. The summed E-state index contributed by atoms with van der Waals surface area (Å²) in [6, 6.07) is 0. The molecular formula is C60H116NO8P. The second-order valence-corrected chi connectivity index (χ2v) is 23.1. The Balaban J connectivity index is 4.07. The lowest BCUT2D eigenvalue weighted by atomic mass is 10.0. The molecule has 0 N–H and O–H groups in total. The molecule has 0 saturated carbocycles. The molecule has 70 heavy (non-hydrogen) atoms. The van der Waals surface area contributed by atoms with Crippen molar-refractivity contribution in [1.29, 1.82) is 0 Å². The van der Waals surface area contributed by atoms with Gasteiger partial charge in [-0.1, -0.05) is 263 Å².